The summed E-state index contributed by atoms with van der Waals surface area (Å²) in [5.41, 5.74) is 1.14. The summed E-state index contributed by atoms with van der Waals surface area (Å²) in [5, 5.41) is 10.0. The first-order chi connectivity index (χ1) is 7.41. The molecule has 0 spiro atoms. The lowest BCUT2D eigenvalue weighted by atomic mass is 9.85. The molecule has 3 heteroatoms. The van der Waals surface area contributed by atoms with Crippen molar-refractivity contribution in [3.8, 4) is 0 Å². The average Bonchev–Trinajstić information content (AvgIpc) is 2.55. The highest BCUT2D eigenvalue weighted by molar-refractivity contribution is 5.95. The van der Waals surface area contributed by atoms with Gasteiger partial charge in [0.05, 0.1) is 0 Å². The molecule has 0 unspecified atom stereocenters. The van der Waals surface area contributed by atoms with Crippen molar-refractivity contribution in [1.82, 2.24) is 0 Å². The van der Waals surface area contributed by atoms with Crippen molar-refractivity contribution >= 4 is 16.9 Å². The van der Waals surface area contributed by atoms with Gasteiger partial charge in [0.2, 0.25) is 5.76 Å². The average molecular weight is 218 g/mol. The van der Waals surface area contributed by atoms with Crippen LogP contribution < -0.4 is 0 Å². The highest BCUT2D eigenvalue weighted by Crippen LogP contribution is 2.35. The van der Waals surface area contributed by atoms with Crippen LogP contribution in [0.25, 0.3) is 11.0 Å². The van der Waals surface area contributed by atoms with Crippen LogP contribution in [0.1, 0.15) is 36.9 Å². The van der Waals surface area contributed by atoms with Gasteiger partial charge < -0.3 is 9.52 Å². The Morgan fingerprint density at radius 1 is 1.25 bits per heavy atom. The highest BCUT2D eigenvalue weighted by atomic mass is 16.4. The number of para-hydroxylation sites is 1. The molecule has 0 saturated heterocycles. The normalized spacial score (nSPS) is 11.9. The van der Waals surface area contributed by atoms with Crippen LogP contribution in [0.5, 0.6) is 0 Å². The van der Waals surface area contributed by atoms with E-state index in [0.717, 1.165) is 10.9 Å². The number of furan rings is 1. The van der Waals surface area contributed by atoms with Gasteiger partial charge in [0.1, 0.15) is 5.58 Å². The summed E-state index contributed by atoms with van der Waals surface area (Å²) >= 11 is 0. The van der Waals surface area contributed by atoms with Crippen molar-refractivity contribution in [3.63, 3.8) is 0 Å². The predicted octanol–water partition coefficient (Wildman–Crippen LogP) is 3.43. The Kier molecular flexibility index (Phi) is 2.26. The number of aromatic carboxylic acids is 1. The SMILES string of the molecule is CC(C)(C)c1c(C(=O)O)oc2ccccc12. The van der Waals surface area contributed by atoms with E-state index in [1.54, 1.807) is 6.07 Å². The molecule has 2 rings (SSSR count). The molecule has 0 amide bonds. The van der Waals surface area contributed by atoms with Gasteiger partial charge in [-0.15, -0.1) is 0 Å². The molecule has 84 valence electrons. The van der Waals surface area contributed by atoms with E-state index >= 15 is 0 Å². The molecule has 0 aliphatic heterocycles. The van der Waals surface area contributed by atoms with Gasteiger partial charge in [0.25, 0.3) is 0 Å². The van der Waals surface area contributed by atoms with Crippen LogP contribution in [0.15, 0.2) is 28.7 Å². The van der Waals surface area contributed by atoms with Gasteiger partial charge in [-0.1, -0.05) is 39.0 Å². The fourth-order valence-electron chi connectivity index (χ4n) is 1.94. The molecule has 2 aromatic rings. The third-order valence-electron chi connectivity index (χ3n) is 2.54. The van der Waals surface area contributed by atoms with E-state index in [0.29, 0.717) is 5.58 Å². The third kappa shape index (κ3) is 1.58. The van der Waals surface area contributed by atoms with E-state index in [2.05, 4.69) is 0 Å². The van der Waals surface area contributed by atoms with E-state index in [9.17, 15) is 4.79 Å². The molecule has 1 heterocycles. The molecular formula is C13H14O3. The Labute approximate surface area is 93.7 Å². The quantitative estimate of drug-likeness (QED) is 0.797. The molecule has 16 heavy (non-hydrogen) atoms. The van der Waals surface area contributed by atoms with Crippen LogP contribution in [-0.2, 0) is 5.41 Å². The predicted molar refractivity (Wildman–Crippen MR) is 61.9 cm³/mol. The van der Waals surface area contributed by atoms with Crippen molar-refractivity contribution in [2.45, 2.75) is 26.2 Å². The Balaban J connectivity index is 2.85. The van der Waals surface area contributed by atoms with Crippen LogP contribution >= 0.6 is 0 Å². The lowest BCUT2D eigenvalue weighted by Gasteiger charge is -2.17. The van der Waals surface area contributed by atoms with Crippen molar-refractivity contribution in [3.05, 3.63) is 35.6 Å². The summed E-state index contributed by atoms with van der Waals surface area (Å²) < 4.78 is 5.39. The van der Waals surface area contributed by atoms with Crippen molar-refractivity contribution in [1.29, 1.82) is 0 Å². The molecular weight excluding hydrogens is 204 g/mol. The highest BCUT2D eigenvalue weighted by Gasteiger charge is 2.28. The van der Waals surface area contributed by atoms with Gasteiger partial charge in [-0.05, 0) is 11.5 Å². The number of benzene rings is 1. The monoisotopic (exact) mass is 218 g/mol. The number of hydrogen-bond donors (Lipinski definition) is 1. The Morgan fingerprint density at radius 2 is 1.88 bits per heavy atom. The molecule has 1 aromatic heterocycles. The number of carbonyl (C=O) groups is 1. The van der Waals surface area contributed by atoms with Crippen LogP contribution in [-0.4, -0.2) is 11.1 Å². The zero-order valence-electron chi connectivity index (χ0n) is 9.57. The number of rotatable bonds is 1. The fraction of sp³-hybridized carbons (Fsp3) is 0.308. The molecule has 0 atom stereocenters. The minimum Gasteiger partial charge on any atom is -0.475 e. The van der Waals surface area contributed by atoms with Crippen molar-refractivity contribution in [2.24, 2.45) is 0 Å². The second-order valence-corrected chi connectivity index (χ2v) is 4.86. The number of carboxylic acids is 1. The zero-order chi connectivity index (χ0) is 11.9. The van der Waals surface area contributed by atoms with Crippen LogP contribution in [0.2, 0.25) is 0 Å². The maximum Gasteiger partial charge on any atom is 0.372 e. The van der Waals surface area contributed by atoms with E-state index < -0.39 is 5.97 Å². The van der Waals surface area contributed by atoms with Gasteiger partial charge in [-0.3, -0.25) is 0 Å². The summed E-state index contributed by atoms with van der Waals surface area (Å²) in [6.07, 6.45) is 0. The molecule has 1 aromatic carbocycles. The Morgan fingerprint density at radius 3 is 2.44 bits per heavy atom. The van der Waals surface area contributed by atoms with Crippen molar-refractivity contribution in [2.75, 3.05) is 0 Å². The van der Waals surface area contributed by atoms with E-state index in [1.165, 1.54) is 0 Å². The summed E-state index contributed by atoms with van der Waals surface area (Å²) in [4.78, 5) is 11.1. The molecule has 1 N–H and O–H groups in total. The maximum atomic E-state index is 11.1. The van der Waals surface area contributed by atoms with Gasteiger partial charge >= 0.3 is 5.97 Å². The maximum absolute atomic E-state index is 11.1. The molecule has 0 radical (unpaired) electrons. The Hall–Kier alpha value is -1.77. The smallest absolute Gasteiger partial charge is 0.372 e. The number of carboxylic acid groups (broad SMARTS) is 1. The van der Waals surface area contributed by atoms with Crippen molar-refractivity contribution < 1.29 is 14.3 Å². The van der Waals surface area contributed by atoms with E-state index in [4.69, 9.17) is 9.52 Å². The summed E-state index contributed by atoms with van der Waals surface area (Å²) in [6.45, 7) is 5.95. The van der Waals surface area contributed by atoms with Gasteiger partial charge in [-0.2, -0.15) is 0 Å². The van der Waals surface area contributed by atoms with Gasteiger partial charge in [-0.25, -0.2) is 4.79 Å². The lowest BCUT2D eigenvalue weighted by Crippen LogP contribution is -2.15. The minimum atomic E-state index is -1.01. The lowest BCUT2D eigenvalue weighted by molar-refractivity contribution is 0.0661. The van der Waals surface area contributed by atoms with Crippen LogP contribution in [0.4, 0.5) is 0 Å². The van der Waals surface area contributed by atoms with Gasteiger partial charge in [0, 0.05) is 10.9 Å². The largest absolute Gasteiger partial charge is 0.475 e. The molecule has 0 bridgehead atoms. The summed E-state index contributed by atoms with van der Waals surface area (Å²) in [5.74, 6) is -0.963. The third-order valence-corrected chi connectivity index (χ3v) is 2.54. The minimum absolute atomic E-state index is 0.0497. The molecule has 0 saturated carbocycles. The first kappa shape index (κ1) is 10.7. The summed E-state index contributed by atoms with van der Waals surface area (Å²) in [7, 11) is 0. The first-order valence-electron chi connectivity index (χ1n) is 5.16. The second-order valence-electron chi connectivity index (χ2n) is 4.86. The summed E-state index contributed by atoms with van der Waals surface area (Å²) in [6, 6.07) is 7.41. The number of fused-ring (bicyclic) bond motifs is 1. The first-order valence-corrected chi connectivity index (χ1v) is 5.16. The standard InChI is InChI=1S/C13H14O3/c1-13(2,3)10-8-6-4-5-7-9(8)16-11(10)12(14)15/h4-7H,1-3H3,(H,14,15). The molecule has 0 aliphatic carbocycles. The molecule has 3 nitrogen and oxygen atoms in total. The fourth-order valence-corrected chi connectivity index (χ4v) is 1.94. The molecule has 0 aliphatic rings. The van der Waals surface area contributed by atoms with E-state index in [-0.39, 0.29) is 11.2 Å². The Bertz CT molecular complexity index is 544. The number of hydrogen-bond acceptors (Lipinski definition) is 2. The van der Waals surface area contributed by atoms with Crippen LogP contribution in [0.3, 0.4) is 0 Å². The van der Waals surface area contributed by atoms with Gasteiger partial charge in [0.15, 0.2) is 0 Å². The topological polar surface area (TPSA) is 50.4 Å². The molecule has 0 fully saturated rings. The second kappa shape index (κ2) is 3.37. The van der Waals surface area contributed by atoms with E-state index in [1.807, 2.05) is 39.0 Å². The van der Waals surface area contributed by atoms with Crippen LogP contribution in [0, 0.1) is 0 Å². The zero-order valence-corrected chi connectivity index (χ0v) is 9.57.